The van der Waals surface area contributed by atoms with Crippen LogP contribution in [-0.4, -0.2) is 29.1 Å². The molecule has 1 saturated heterocycles. The molecular weight excluding hydrogens is 302 g/mol. The molecule has 1 aromatic carbocycles. The quantitative estimate of drug-likeness (QED) is 0.814. The van der Waals surface area contributed by atoms with Crippen LogP contribution in [0.25, 0.3) is 10.6 Å². The Bertz CT molecular complexity index is 707. The fourth-order valence-corrected chi connectivity index (χ4v) is 3.00. The summed E-state index contributed by atoms with van der Waals surface area (Å²) in [4.78, 5) is 27.8. The largest absolute Gasteiger partial charge is 0.460 e. The molecule has 0 aliphatic carbocycles. The van der Waals surface area contributed by atoms with Crippen molar-refractivity contribution in [3.8, 4) is 10.6 Å². The molecule has 0 amide bonds. The maximum atomic E-state index is 12.1. The molecule has 0 spiro atoms. The molecule has 0 bridgehead atoms. The molecule has 5 nitrogen and oxygen atoms in total. The highest BCUT2D eigenvalue weighted by molar-refractivity contribution is 7.13. The van der Waals surface area contributed by atoms with E-state index in [0.29, 0.717) is 6.42 Å². The lowest BCUT2D eigenvalue weighted by molar-refractivity contribution is -0.147. The third-order valence-electron chi connectivity index (χ3n) is 3.39. The predicted octanol–water partition coefficient (Wildman–Crippen LogP) is 2.98. The van der Waals surface area contributed by atoms with Gasteiger partial charge < -0.3 is 9.47 Å². The van der Waals surface area contributed by atoms with Gasteiger partial charge in [0.1, 0.15) is 11.1 Å². The Labute approximate surface area is 131 Å². The summed E-state index contributed by atoms with van der Waals surface area (Å²) in [7, 11) is 0. The first-order valence-electron chi connectivity index (χ1n) is 6.97. The van der Waals surface area contributed by atoms with Gasteiger partial charge in [0.05, 0.1) is 0 Å². The number of aryl methyl sites for hydroxylation is 1. The molecule has 0 radical (unpaired) electrons. The predicted molar refractivity (Wildman–Crippen MR) is 81.7 cm³/mol. The van der Waals surface area contributed by atoms with E-state index in [4.69, 9.17) is 9.47 Å². The number of carbonyl (C=O) groups excluding carboxylic acids is 2. The van der Waals surface area contributed by atoms with Crippen molar-refractivity contribution < 1.29 is 19.1 Å². The Kier molecular flexibility index (Phi) is 3.94. The van der Waals surface area contributed by atoms with Gasteiger partial charge >= 0.3 is 11.9 Å². The van der Waals surface area contributed by atoms with Gasteiger partial charge in [-0.25, -0.2) is 14.6 Å². The van der Waals surface area contributed by atoms with Crippen molar-refractivity contribution in [3.63, 3.8) is 0 Å². The highest BCUT2D eigenvalue weighted by Crippen LogP contribution is 2.25. The molecular formula is C16H15NO4S. The fraction of sp³-hybridized carbons (Fsp3) is 0.312. The van der Waals surface area contributed by atoms with E-state index in [0.717, 1.165) is 16.1 Å². The Hall–Kier alpha value is -2.21. The number of benzene rings is 1. The van der Waals surface area contributed by atoms with E-state index < -0.39 is 18.0 Å². The van der Waals surface area contributed by atoms with Crippen LogP contribution >= 0.6 is 11.3 Å². The number of aromatic nitrogens is 1. The molecule has 114 valence electrons. The first-order chi connectivity index (χ1) is 10.5. The van der Waals surface area contributed by atoms with Gasteiger partial charge in [0.15, 0.2) is 5.69 Å². The molecule has 3 rings (SSSR count). The standard InChI is InChI=1S/C16H15NO4S/c1-9-3-5-11(6-4-9)14-17-12(8-22-14)15(18)21-13-7-10(2)20-16(13)19/h3-6,8,10,13H,7H2,1-2H3/t10-,13-/m0/s1. The van der Waals surface area contributed by atoms with Gasteiger partial charge in [0, 0.05) is 17.4 Å². The van der Waals surface area contributed by atoms with Gasteiger partial charge in [-0.15, -0.1) is 11.3 Å². The summed E-state index contributed by atoms with van der Waals surface area (Å²) in [5.74, 6) is -1.08. The number of rotatable bonds is 3. The number of thiazole rings is 1. The Morgan fingerprint density at radius 2 is 2.09 bits per heavy atom. The van der Waals surface area contributed by atoms with E-state index in [2.05, 4.69) is 4.98 Å². The average molecular weight is 317 g/mol. The minimum Gasteiger partial charge on any atom is -0.460 e. The summed E-state index contributed by atoms with van der Waals surface area (Å²) in [6, 6.07) is 7.90. The SMILES string of the molecule is Cc1ccc(-c2nc(C(=O)O[C@H]3C[C@H](C)OC3=O)cs2)cc1. The summed E-state index contributed by atoms with van der Waals surface area (Å²) in [6.07, 6.45) is -0.657. The summed E-state index contributed by atoms with van der Waals surface area (Å²) in [6.45, 7) is 3.78. The first-order valence-corrected chi connectivity index (χ1v) is 7.85. The second-order valence-corrected chi connectivity index (χ2v) is 6.14. The lowest BCUT2D eigenvalue weighted by Gasteiger charge is -2.06. The fourth-order valence-electron chi connectivity index (χ4n) is 2.20. The molecule has 0 unspecified atom stereocenters. The minimum atomic E-state index is -0.827. The van der Waals surface area contributed by atoms with Gasteiger partial charge in [-0.05, 0) is 13.8 Å². The molecule has 0 saturated carbocycles. The maximum absolute atomic E-state index is 12.1. The van der Waals surface area contributed by atoms with Crippen molar-refractivity contribution in [2.24, 2.45) is 0 Å². The second kappa shape index (κ2) is 5.88. The van der Waals surface area contributed by atoms with Crippen molar-refractivity contribution in [1.29, 1.82) is 0 Å². The molecule has 2 atom stereocenters. The van der Waals surface area contributed by atoms with Crippen LogP contribution in [0.1, 0.15) is 29.4 Å². The third-order valence-corrected chi connectivity index (χ3v) is 4.28. The summed E-state index contributed by atoms with van der Waals surface area (Å²) in [5, 5.41) is 2.38. The van der Waals surface area contributed by atoms with Crippen molar-refractivity contribution in [2.45, 2.75) is 32.5 Å². The van der Waals surface area contributed by atoms with E-state index in [9.17, 15) is 9.59 Å². The van der Waals surface area contributed by atoms with Gasteiger partial charge in [-0.2, -0.15) is 0 Å². The van der Waals surface area contributed by atoms with E-state index in [1.54, 1.807) is 12.3 Å². The van der Waals surface area contributed by atoms with Crippen LogP contribution in [0.5, 0.6) is 0 Å². The summed E-state index contributed by atoms with van der Waals surface area (Å²) < 4.78 is 10.1. The van der Waals surface area contributed by atoms with Crippen LogP contribution in [-0.2, 0) is 14.3 Å². The van der Waals surface area contributed by atoms with Crippen molar-refractivity contribution in [2.75, 3.05) is 0 Å². The zero-order valence-corrected chi connectivity index (χ0v) is 13.1. The van der Waals surface area contributed by atoms with Gasteiger partial charge in [0.25, 0.3) is 0 Å². The monoisotopic (exact) mass is 317 g/mol. The molecule has 1 aromatic heterocycles. The van der Waals surface area contributed by atoms with E-state index in [1.807, 2.05) is 31.2 Å². The van der Waals surface area contributed by atoms with Crippen LogP contribution < -0.4 is 0 Å². The molecule has 6 heteroatoms. The van der Waals surface area contributed by atoms with E-state index in [1.165, 1.54) is 11.3 Å². The maximum Gasteiger partial charge on any atom is 0.358 e. The number of nitrogens with zero attached hydrogens (tertiary/aromatic N) is 1. The molecule has 1 aliphatic rings. The molecule has 0 N–H and O–H groups in total. The van der Waals surface area contributed by atoms with Crippen LogP contribution in [0, 0.1) is 6.92 Å². The van der Waals surface area contributed by atoms with Crippen LogP contribution in [0.15, 0.2) is 29.6 Å². The Morgan fingerprint density at radius 1 is 1.36 bits per heavy atom. The van der Waals surface area contributed by atoms with Crippen molar-refractivity contribution >= 4 is 23.3 Å². The summed E-state index contributed by atoms with van der Waals surface area (Å²) >= 11 is 1.37. The summed E-state index contributed by atoms with van der Waals surface area (Å²) in [5.41, 5.74) is 2.32. The highest BCUT2D eigenvalue weighted by Gasteiger charge is 2.35. The number of ether oxygens (including phenoxy) is 2. The molecule has 1 aliphatic heterocycles. The van der Waals surface area contributed by atoms with Crippen molar-refractivity contribution in [1.82, 2.24) is 4.98 Å². The normalized spacial score (nSPS) is 20.7. The number of esters is 2. The average Bonchev–Trinajstić information content (AvgIpc) is 3.07. The van der Waals surface area contributed by atoms with E-state index >= 15 is 0 Å². The second-order valence-electron chi connectivity index (χ2n) is 5.28. The number of carbonyl (C=O) groups is 2. The first kappa shape index (κ1) is 14.7. The zero-order chi connectivity index (χ0) is 15.7. The lowest BCUT2D eigenvalue weighted by atomic mass is 10.2. The van der Waals surface area contributed by atoms with Gasteiger partial charge in [-0.3, -0.25) is 0 Å². The van der Waals surface area contributed by atoms with Crippen molar-refractivity contribution in [3.05, 3.63) is 40.9 Å². The third kappa shape index (κ3) is 3.01. The van der Waals surface area contributed by atoms with Gasteiger partial charge in [0.2, 0.25) is 6.10 Å². The highest BCUT2D eigenvalue weighted by atomic mass is 32.1. The minimum absolute atomic E-state index is 0.216. The number of cyclic esters (lactones) is 1. The number of hydrogen-bond acceptors (Lipinski definition) is 6. The zero-order valence-electron chi connectivity index (χ0n) is 12.2. The van der Waals surface area contributed by atoms with Gasteiger partial charge in [-0.1, -0.05) is 29.8 Å². The molecule has 22 heavy (non-hydrogen) atoms. The topological polar surface area (TPSA) is 65.5 Å². The molecule has 1 fully saturated rings. The van der Waals surface area contributed by atoms with Crippen LogP contribution in [0.2, 0.25) is 0 Å². The van der Waals surface area contributed by atoms with Crippen LogP contribution in [0.4, 0.5) is 0 Å². The Balaban J connectivity index is 1.72. The number of hydrogen-bond donors (Lipinski definition) is 0. The van der Waals surface area contributed by atoms with Crippen LogP contribution in [0.3, 0.4) is 0 Å². The Morgan fingerprint density at radius 3 is 2.73 bits per heavy atom. The molecule has 2 aromatic rings. The van der Waals surface area contributed by atoms with E-state index in [-0.39, 0.29) is 11.8 Å². The smallest absolute Gasteiger partial charge is 0.358 e. The lowest BCUT2D eigenvalue weighted by Crippen LogP contribution is -2.22. The molecule has 2 heterocycles.